The first-order valence-electron chi connectivity index (χ1n) is 6.75. The van der Waals surface area contributed by atoms with E-state index < -0.39 is 0 Å². The first-order valence-corrected chi connectivity index (χ1v) is 7.57. The maximum absolute atomic E-state index is 12.9. The molecule has 2 aliphatic heterocycles. The Kier molecular flexibility index (Phi) is 3.87. The number of aliphatic imine (C=N–C) groups is 1. The monoisotopic (exact) mass is 290 g/mol. The number of benzene rings is 1. The van der Waals surface area contributed by atoms with Crippen molar-refractivity contribution in [1.29, 1.82) is 0 Å². The van der Waals surface area contributed by atoms with Crippen LogP contribution < -0.4 is 0 Å². The van der Waals surface area contributed by atoms with E-state index in [2.05, 4.69) is 9.89 Å². The van der Waals surface area contributed by atoms with Crippen molar-refractivity contribution in [1.82, 2.24) is 4.90 Å². The Balaban J connectivity index is 1.74. The van der Waals surface area contributed by atoms with Crippen LogP contribution in [0.3, 0.4) is 0 Å². The molecule has 2 aliphatic rings. The lowest BCUT2D eigenvalue weighted by Gasteiger charge is -2.27. The molecule has 1 aromatic rings. The minimum Gasteiger partial charge on any atom is -0.351 e. The van der Waals surface area contributed by atoms with E-state index in [4.69, 9.17) is 0 Å². The number of hydrogen-bond donors (Lipinski definition) is 0. The van der Waals surface area contributed by atoms with Crippen LogP contribution in [0, 0.1) is 5.82 Å². The lowest BCUT2D eigenvalue weighted by Crippen LogP contribution is -2.33. The van der Waals surface area contributed by atoms with Gasteiger partial charge in [0.1, 0.15) is 5.82 Å². The minimum absolute atomic E-state index is 0.195. The van der Waals surface area contributed by atoms with E-state index in [1.165, 1.54) is 30.3 Å². The molecule has 0 aliphatic carbocycles. The molecule has 1 fully saturated rings. The normalized spacial score (nSPS) is 21.4. The van der Waals surface area contributed by atoms with Crippen LogP contribution >= 0.6 is 11.8 Å². The van der Waals surface area contributed by atoms with Crippen molar-refractivity contribution in [3.05, 3.63) is 40.6 Å². The molecular weight excluding hydrogens is 275 g/mol. The molecule has 0 radical (unpaired) electrons. The molecule has 3 nitrogen and oxygen atoms in total. The molecule has 1 aromatic carbocycles. The molecule has 0 unspecified atom stereocenters. The maximum atomic E-state index is 12.9. The summed E-state index contributed by atoms with van der Waals surface area (Å²) in [5, 5.41) is 0.808. The summed E-state index contributed by atoms with van der Waals surface area (Å²) in [5.41, 5.74) is 0.817. The fourth-order valence-corrected chi connectivity index (χ4v) is 3.29. The zero-order chi connectivity index (χ0) is 13.9. The van der Waals surface area contributed by atoms with Crippen LogP contribution in [-0.4, -0.2) is 29.1 Å². The Morgan fingerprint density at radius 2 is 1.85 bits per heavy atom. The van der Waals surface area contributed by atoms with Crippen molar-refractivity contribution in [2.45, 2.75) is 19.3 Å². The van der Waals surface area contributed by atoms with Gasteiger partial charge in [-0.05, 0) is 54.8 Å². The quantitative estimate of drug-likeness (QED) is 0.744. The van der Waals surface area contributed by atoms with Crippen LogP contribution in [0.4, 0.5) is 4.39 Å². The van der Waals surface area contributed by atoms with Gasteiger partial charge in [-0.25, -0.2) is 4.39 Å². The lowest BCUT2D eigenvalue weighted by molar-refractivity contribution is -0.113. The summed E-state index contributed by atoms with van der Waals surface area (Å²) in [7, 11) is 0. The number of rotatable bonds is 1. The summed E-state index contributed by atoms with van der Waals surface area (Å²) in [5.74, 6) is -0.470. The summed E-state index contributed by atoms with van der Waals surface area (Å²) in [6, 6.07) is 6.11. The summed E-state index contributed by atoms with van der Waals surface area (Å²) < 4.78 is 12.9. The van der Waals surface area contributed by atoms with E-state index in [1.807, 2.05) is 0 Å². The number of amides is 1. The number of amidine groups is 1. The SMILES string of the molecule is O=C1N=C(N2CCCCC2)S/C1=C/c1ccc(F)cc1. The number of thioether (sulfide) groups is 1. The fourth-order valence-electron chi connectivity index (χ4n) is 2.33. The first-order chi connectivity index (χ1) is 9.72. The molecule has 5 heteroatoms. The van der Waals surface area contributed by atoms with Crippen molar-refractivity contribution in [3.63, 3.8) is 0 Å². The fraction of sp³-hybridized carbons (Fsp3) is 0.333. The Morgan fingerprint density at radius 3 is 2.55 bits per heavy atom. The molecule has 0 aromatic heterocycles. The zero-order valence-corrected chi connectivity index (χ0v) is 11.8. The summed E-state index contributed by atoms with van der Waals surface area (Å²) in [6.07, 6.45) is 5.34. The largest absolute Gasteiger partial charge is 0.351 e. The average molecular weight is 290 g/mol. The molecular formula is C15H15FN2OS. The van der Waals surface area contributed by atoms with Gasteiger partial charge in [0.15, 0.2) is 5.17 Å². The molecule has 104 valence electrons. The van der Waals surface area contributed by atoms with Crippen molar-refractivity contribution < 1.29 is 9.18 Å². The second kappa shape index (κ2) is 5.79. The van der Waals surface area contributed by atoms with E-state index >= 15 is 0 Å². The highest BCUT2D eigenvalue weighted by Gasteiger charge is 2.26. The highest BCUT2D eigenvalue weighted by molar-refractivity contribution is 8.18. The molecule has 1 saturated heterocycles. The highest BCUT2D eigenvalue weighted by Crippen LogP contribution is 2.31. The van der Waals surface area contributed by atoms with Crippen LogP contribution in [0.2, 0.25) is 0 Å². The van der Waals surface area contributed by atoms with Gasteiger partial charge in [0.25, 0.3) is 5.91 Å². The predicted molar refractivity (Wildman–Crippen MR) is 79.8 cm³/mol. The van der Waals surface area contributed by atoms with Crippen LogP contribution in [0.15, 0.2) is 34.2 Å². The van der Waals surface area contributed by atoms with E-state index in [0.717, 1.165) is 36.7 Å². The van der Waals surface area contributed by atoms with Gasteiger partial charge < -0.3 is 4.90 Å². The van der Waals surface area contributed by atoms with Crippen LogP contribution in [0.25, 0.3) is 6.08 Å². The third kappa shape index (κ3) is 2.93. The van der Waals surface area contributed by atoms with Gasteiger partial charge in [0.05, 0.1) is 4.91 Å². The van der Waals surface area contributed by atoms with Gasteiger partial charge in [0, 0.05) is 13.1 Å². The average Bonchev–Trinajstić information content (AvgIpc) is 2.84. The van der Waals surface area contributed by atoms with Crippen LogP contribution in [0.5, 0.6) is 0 Å². The number of hydrogen-bond acceptors (Lipinski definition) is 3. The molecule has 0 atom stereocenters. The minimum atomic E-state index is -0.275. The van der Waals surface area contributed by atoms with E-state index in [0.29, 0.717) is 4.91 Å². The molecule has 0 saturated carbocycles. The second-order valence-electron chi connectivity index (χ2n) is 4.91. The molecule has 2 heterocycles. The van der Waals surface area contributed by atoms with Gasteiger partial charge in [-0.2, -0.15) is 4.99 Å². The zero-order valence-electron chi connectivity index (χ0n) is 11.0. The second-order valence-corrected chi connectivity index (χ2v) is 5.92. The lowest BCUT2D eigenvalue weighted by atomic mass is 10.1. The smallest absolute Gasteiger partial charge is 0.286 e. The number of likely N-dealkylation sites (tertiary alicyclic amines) is 1. The van der Waals surface area contributed by atoms with Crippen LogP contribution in [-0.2, 0) is 4.79 Å². The van der Waals surface area contributed by atoms with Crippen LogP contribution in [0.1, 0.15) is 24.8 Å². The van der Waals surface area contributed by atoms with Crippen molar-refractivity contribution >= 4 is 28.9 Å². The Hall–Kier alpha value is -1.62. The topological polar surface area (TPSA) is 32.7 Å². The first kappa shape index (κ1) is 13.4. The Labute approximate surface area is 121 Å². The van der Waals surface area contributed by atoms with Gasteiger partial charge in [-0.15, -0.1) is 0 Å². The third-order valence-electron chi connectivity index (χ3n) is 3.40. The van der Waals surface area contributed by atoms with Gasteiger partial charge in [0.2, 0.25) is 0 Å². The number of piperidine rings is 1. The Morgan fingerprint density at radius 1 is 1.15 bits per heavy atom. The van der Waals surface area contributed by atoms with Crippen molar-refractivity contribution in [2.24, 2.45) is 4.99 Å². The van der Waals surface area contributed by atoms with Gasteiger partial charge in [-0.1, -0.05) is 12.1 Å². The molecule has 0 bridgehead atoms. The third-order valence-corrected chi connectivity index (χ3v) is 4.45. The highest BCUT2D eigenvalue weighted by atomic mass is 32.2. The molecule has 3 rings (SSSR count). The van der Waals surface area contributed by atoms with Gasteiger partial charge in [-0.3, -0.25) is 4.79 Å². The maximum Gasteiger partial charge on any atom is 0.286 e. The summed E-state index contributed by atoms with van der Waals surface area (Å²) >= 11 is 1.42. The number of halogens is 1. The van der Waals surface area contributed by atoms with E-state index in [9.17, 15) is 9.18 Å². The standard InChI is InChI=1S/C15H15FN2OS/c16-12-6-4-11(5-7-12)10-13-14(19)17-15(20-13)18-8-2-1-3-9-18/h4-7,10H,1-3,8-9H2/b13-10+. The number of carbonyl (C=O) groups excluding carboxylic acids is 1. The van der Waals surface area contributed by atoms with Gasteiger partial charge >= 0.3 is 0 Å². The van der Waals surface area contributed by atoms with E-state index in [-0.39, 0.29) is 11.7 Å². The molecule has 1 amide bonds. The van der Waals surface area contributed by atoms with Crippen molar-refractivity contribution in [3.8, 4) is 0 Å². The number of carbonyl (C=O) groups is 1. The molecule has 0 N–H and O–H groups in total. The Bertz CT molecular complexity index is 574. The molecule has 20 heavy (non-hydrogen) atoms. The summed E-state index contributed by atoms with van der Waals surface area (Å²) in [6.45, 7) is 1.95. The molecule has 0 spiro atoms. The van der Waals surface area contributed by atoms with Crippen molar-refractivity contribution in [2.75, 3.05) is 13.1 Å². The summed E-state index contributed by atoms with van der Waals surface area (Å²) in [4.78, 5) is 18.8. The predicted octanol–water partition coefficient (Wildman–Crippen LogP) is 3.28. The van der Waals surface area contributed by atoms with E-state index in [1.54, 1.807) is 18.2 Å². The number of nitrogens with zero attached hydrogens (tertiary/aromatic N) is 2.